The summed E-state index contributed by atoms with van der Waals surface area (Å²) in [4.78, 5) is 0. The van der Waals surface area contributed by atoms with Crippen molar-refractivity contribution in [3.8, 4) is 5.75 Å². The van der Waals surface area contributed by atoms with Crippen LogP contribution in [0.15, 0.2) is 6.07 Å². The molecule has 0 aliphatic heterocycles. The summed E-state index contributed by atoms with van der Waals surface area (Å²) < 4.78 is 26.4. The van der Waals surface area contributed by atoms with Gasteiger partial charge in [0.05, 0.1) is 0 Å². The van der Waals surface area contributed by atoms with Crippen molar-refractivity contribution in [2.75, 3.05) is 0 Å². The summed E-state index contributed by atoms with van der Waals surface area (Å²) in [6.07, 6.45) is 2.13. The monoisotopic (exact) mass is 199 g/mol. The zero-order chi connectivity index (χ0) is 10.3. The highest BCUT2D eigenvalue weighted by molar-refractivity contribution is 5.41. The molecule has 0 spiro atoms. The first kappa shape index (κ1) is 9.40. The number of halogens is 2. The third kappa shape index (κ3) is 1.26. The number of aromatic hydroxyl groups is 1. The third-order valence-corrected chi connectivity index (χ3v) is 2.65. The smallest absolute Gasteiger partial charge is 0.188 e. The molecule has 3 N–H and O–H groups in total. The number of phenols is 1. The Hall–Kier alpha value is -1.16. The first-order valence-electron chi connectivity index (χ1n) is 4.56. The molecule has 1 aliphatic carbocycles. The summed E-state index contributed by atoms with van der Waals surface area (Å²) in [5.74, 6) is -2.72. The van der Waals surface area contributed by atoms with Crippen LogP contribution in [-0.2, 0) is 6.42 Å². The van der Waals surface area contributed by atoms with Crippen LogP contribution in [0.5, 0.6) is 5.75 Å². The molecule has 0 heterocycles. The number of phenolic OH excluding ortho intramolecular Hbond substituents is 1. The van der Waals surface area contributed by atoms with E-state index in [1.165, 1.54) is 6.07 Å². The van der Waals surface area contributed by atoms with Crippen LogP contribution in [-0.4, -0.2) is 5.11 Å². The van der Waals surface area contributed by atoms with E-state index < -0.39 is 23.4 Å². The second-order valence-electron chi connectivity index (χ2n) is 3.59. The molecule has 4 heteroatoms. The summed E-state index contributed by atoms with van der Waals surface area (Å²) in [6.45, 7) is 0. The normalized spacial score (nSPS) is 20.6. The molecule has 0 bridgehead atoms. The van der Waals surface area contributed by atoms with E-state index in [0.29, 0.717) is 18.4 Å². The minimum absolute atomic E-state index is 0.273. The molecule has 2 rings (SSSR count). The number of hydrogen-bond acceptors (Lipinski definition) is 2. The van der Waals surface area contributed by atoms with Crippen molar-refractivity contribution in [1.82, 2.24) is 0 Å². The van der Waals surface area contributed by atoms with Gasteiger partial charge in [-0.3, -0.25) is 0 Å². The van der Waals surface area contributed by atoms with Gasteiger partial charge in [0, 0.05) is 11.6 Å². The highest BCUT2D eigenvalue weighted by Crippen LogP contribution is 2.35. The molecule has 14 heavy (non-hydrogen) atoms. The molecular weight excluding hydrogens is 188 g/mol. The minimum atomic E-state index is -0.916. The SMILES string of the molecule is N[C@@H]1CCCc2cc(F)c(O)c(F)c21. The van der Waals surface area contributed by atoms with Crippen LogP contribution in [0.2, 0.25) is 0 Å². The quantitative estimate of drug-likeness (QED) is 0.671. The largest absolute Gasteiger partial charge is 0.503 e. The fraction of sp³-hybridized carbons (Fsp3) is 0.400. The van der Waals surface area contributed by atoms with Gasteiger partial charge in [0.25, 0.3) is 0 Å². The molecule has 0 aromatic heterocycles. The molecule has 0 amide bonds. The van der Waals surface area contributed by atoms with Crippen molar-refractivity contribution < 1.29 is 13.9 Å². The van der Waals surface area contributed by atoms with Crippen LogP contribution in [0.4, 0.5) is 8.78 Å². The molecule has 76 valence electrons. The number of nitrogens with two attached hydrogens (primary N) is 1. The Labute approximate surface area is 80.4 Å². The Balaban J connectivity index is 2.64. The molecule has 0 unspecified atom stereocenters. The number of benzene rings is 1. The molecule has 0 radical (unpaired) electrons. The van der Waals surface area contributed by atoms with E-state index in [0.717, 1.165) is 6.42 Å². The molecule has 2 nitrogen and oxygen atoms in total. The van der Waals surface area contributed by atoms with Gasteiger partial charge in [0.15, 0.2) is 17.4 Å². The first-order chi connectivity index (χ1) is 6.61. The highest BCUT2D eigenvalue weighted by Gasteiger charge is 2.25. The topological polar surface area (TPSA) is 46.2 Å². The van der Waals surface area contributed by atoms with Gasteiger partial charge in [-0.2, -0.15) is 0 Å². The van der Waals surface area contributed by atoms with Gasteiger partial charge >= 0.3 is 0 Å². The lowest BCUT2D eigenvalue weighted by molar-refractivity contribution is 0.384. The van der Waals surface area contributed by atoms with Gasteiger partial charge in [-0.25, -0.2) is 8.78 Å². The molecule has 0 saturated carbocycles. The summed E-state index contributed by atoms with van der Waals surface area (Å²) >= 11 is 0. The lowest BCUT2D eigenvalue weighted by Crippen LogP contribution is -2.19. The standard InChI is InChI=1S/C10H11F2NO/c11-6-4-5-2-1-3-7(13)8(5)9(12)10(6)14/h4,7,14H,1-3,13H2/t7-/m1/s1. The average molecular weight is 199 g/mol. The van der Waals surface area contributed by atoms with Gasteiger partial charge in [-0.05, 0) is 30.9 Å². The molecular formula is C10H11F2NO. The Morgan fingerprint density at radius 3 is 2.86 bits per heavy atom. The zero-order valence-electron chi connectivity index (χ0n) is 7.56. The van der Waals surface area contributed by atoms with Crippen LogP contribution in [0.3, 0.4) is 0 Å². The maximum Gasteiger partial charge on any atom is 0.188 e. The zero-order valence-corrected chi connectivity index (χ0v) is 7.56. The average Bonchev–Trinajstić information content (AvgIpc) is 2.14. The fourth-order valence-corrected chi connectivity index (χ4v) is 1.94. The van der Waals surface area contributed by atoms with Gasteiger partial charge in [0.1, 0.15) is 0 Å². The lowest BCUT2D eigenvalue weighted by atomic mass is 9.87. The Kier molecular flexibility index (Phi) is 2.15. The summed E-state index contributed by atoms with van der Waals surface area (Å²) in [6, 6.07) is 0.748. The van der Waals surface area contributed by atoms with E-state index in [-0.39, 0.29) is 5.56 Å². The number of hydrogen-bond donors (Lipinski definition) is 2. The van der Waals surface area contributed by atoms with Crippen LogP contribution in [0.25, 0.3) is 0 Å². The van der Waals surface area contributed by atoms with Crippen molar-refractivity contribution in [3.05, 3.63) is 28.8 Å². The maximum absolute atomic E-state index is 13.4. The van der Waals surface area contributed by atoms with Crippen molar-refractivity contribution in [2.24, 2.45) is 5.73 Å². The second kappa shape index (κ2) is 3.20. The highest BCUT2D eigenvalue weighted by atomic mass is 19.1. The maximum atomic E-state index is 13.4. The first-order valence-corrected chi connectivity index (χ1v) is 4.56. The second-order valence-corrected chi connectivity index (χ2v) is 3.59. The van der Waals surface area contributed by atoms with E-state index in [9.17, 15) is 8.78 Å². The van der Waals surface area contributed by atoms with E-state index in [2.05, 4.69) is 0 Å². The Morgan fingerprint density at radius 1 is 1.43 bits per heavy atom. The van der Waals surface area contributed by atoms with E-state index in [4.69, 9.17) is 10.8 Å². The molecule has 0 saturated heterocycles. The summed E-state index contributed by atoms with van der Waals surface area (Å²) in [5, 5.41) is 9.07. The summed E-state index contributed by atoms with van der Waals surface area (Å²) in [5.41, 5.74) is 6.55. The van der Waals surface area contributed by atoms with Gasteiger partial charge < -0.3 is 10.8 Å². The molecule has 1 aromatic rings. The number of aryl methyl sites for hydroxylation is 1. The molecule has 1 aromatic carbocycles. The van der Waals surface area contributed by atoms with Crippen LogP contribution in [0, 0.1) is 11.6 Å². The molecule has 1 aliphatic rings. The fourth-order valence-electron chi connectivity index (χ4n) is 1.94. The predicted molar refractivity (Wildman–Crippen MR) is 47.9 cm³/mol. The summed E-state index contributed by atoms with van der Waals surface area (Å²) in [7, 11) is 0. The Morgan fingerprint density at radius 2 is 2.14 bits per heavy atom. The lowest BCUT2D eigenvalue weighted by Gasteiger charge is -2.23. The van der Waals surface area contributed by atoms with Crippen molar-refractivity contribution in [2.45, 2.75) is 25.3 Å². The van der Waals surface area contributed by atoms with Crippen LogP contribution in [0.1, 0.15) is 30.0 Å². The van der Waals surface area contributed by atoms with E-state index >= 15 is 0 Å². The van der Waals surface area contributed by atoms with Crippen molar-refractivity contribution >= 4 is 0 Å². The van der Waals surface area contributed by atoms with Crippen molar-refractivity contribution in [1.29, 1.82) is 0 Å². The van der Waals surface area contributed by atoms with E-state index in [1.807, 2.05) is 0 Å². The minimum Gasteiger partial charge on any atom is -0.503 e. The van der Waals surface area contributed by atoms with E-state index in [1.54, 1.807) is 0 Å². The van der Waals surface area contributed by atoms with Gasteiger partial charge in [-0.15, -0.1) is 0 Å². The molecule has 0 fully saturated rings. The predicted octanol–water partition coefficient (Wildman–Crippen LogP) is 2.01. The van der Waals surface area contributed by atoms with Crippen LogP contribution >= 0.6 is 0 Å². The van der Waals surface area contributed by atoms with Crippen LogP contribution < -0.4 is 5.73 Å². The Bertz CT molecular complexity index is 379. The number of fused-ring (bicyclic) bond motifs is 1. The third-order valence-electron chi connectivity index (χ3n) is 2.65. The van der Waals surface area contributed by atoms with Gasteiger partial charge in [-0.1, -0.05) is 0 Å². The van der Waals surface area contributed by atoms with Crippen molar-refractivity contribution in [3.63, 3.8) is 0 Å². The van der Waals surface area contributed by atoms with Gasteiger partial charge in [0.2, 0.25) is 0 Å². The molecule has 1 atom stereocenters. The number of rotatable bonds is 0.